The summed E-state index contributed by atoms with van der Waals surface area (Å²) in [4.78, 5) is 75.4. The SMILES string of the molecule is O=C(CCCCC1SC[C@@H]2NC(=O)N[C@H]12)NCCCCCNC(=O)CCSC(C(=O)Nc1ccc(-c2c3ccc(=O)cc-3oc3cc(O)ccc23)c(C(=O)O)c1)c1ccccc1. The number of aromatic carboxylic acids is 1. The number of rotatable bonds is 20. The van der Waals surface area contributed by atoms with Crippen LogP contribution < -0.4 is 32.0 Å². The summed E-state index contributed by atoms with van der Waals surface area (Å²) in [6.07, 6.45) is 5.83. The highest BCUT2D eigenvalue weighted by Crippen LogP contribution is 2.43. The van der Waals surface area contributed by atoms with Crippen molar-refractivity contribution in [1.29, 1.82) is 0 Å². The normalized spacial score (nSPS) is 17.2. The Labute approximate surface area is 366 Å². The maximum absolute atomic E-state index is 13.8. The minimum Gasteiger partial charge on any atom is -0.508 e. The first kappa shape index (κ1) is 44.1. The lowest BCUT2D eigenvalue weighted by molar-refractivity contribution is -0.121. The van der Waals surface area contributed by atoms with Crippen LogP contribution >= 0.6 is 23.5 Å². The number of phenols is 1. The van der Waals surface area contributed by atoms with Gasteiger partial charge in [-0.2, -0.15) is 11.8 Å². The number of aromatic hydroxyl groups is 1. The number of thioether (sulfide) groups is 2. The van der Waals surface area contributed by atoms with Crippen LogP contribution in [0.1, 0.15) is 72.5 Å². The van der Waals surface area contributed by atoms with Crippen molar-refractivity contribution < 1.29 is 38.6 Å². The van der Waals surface area contributed by atoms with Crippen LogP contribution in [0.4, 0.5) is 10.5 Å². The first-order valence-electron chi connectivity index (χ1n) is 20.8. The fourth-order valence-corrected chi connectivity index (χ4v) is 10.6. The van der Waals surface area contributed by atoms with E-state index in [-0.39, 0.29) is 76.0 Å². The topological polar surface area (TPSA) is 216 Å². The van der Waals surface area contributed by atoms with E-state index in [4.69, 9.17) is 4.42 Å². The number of unbranched alkanes of at least 4 members (excludes halogenated alkanes) is 3. The van der Waals surface area contributed by atoms with Crippen LogP contribution in [-0.4, -0.2) is 81.9 Å². The van der Waals surface area contributed by atoms with Crippen molar-refractivity contribution in [1.82, 2.24) is 21.3 Å². The van der Waals surface area contributed by atoms with Gasteiger partial charge in [0.15, 0.2) is 5.43 Å². The third kappa shape index (κ3) is 11.1. The van der Waals surface area contributed by atoms with Gasteiger partial charge in [0.25, 0.3) is 0 Å². The fourth-order valence-electron chi connectivity index (χ4n) is 7.93. The summed E-state index contributed by atoms with van der Waals surface area (Å²) < 4.78 is 5.92. The van der Waals surface area contributed by atoms with Crippen molar-refractivity contribution >= 4 is 69.9 Å². The molecule has 2 saturated heterocycles. The molecule has 3 aromatic rings. The first-order valence-corrected chi connectivity index (χ1v) is 22.9. The van der Waals surface area contributed by atoms with Gasteiger partial charge in [-0.3, -0.25) is 19.2 Å². The average Bonchev–Trinajstić information content (AvgIpc) is 3.81. The smallest absolute Gasteiger partial charge is 0.336 e. The summed E-state index contributed by atoms with van der Waals surface area (Å²) in [6.45, 7) is 1.09. The molecule has 14 nitrogen and oxygen atoms in total. The van der Waals surface area contributed by atoms with Crippen LogP contribution in [0.15, 0.2) is 94.1 Å². The Kier molecular flexibility index (Phi) is 14.7. The molecule has 0 saturated carbocycles. The van der Waals surface area contributed by atoms with Crippen molar-refractivity contribution in [2.75, 3.05) is 29.9 Å². The molecule has 1 aliphatic carbocycles. The summed E-state index contributed by atoms with van der Waals surface area (Å²) in [5, 5.41) is 35.5. The van der Waals surface area contributed by atoms with Crippen molar-refractivity contribution in [3.63, 3.8) is 0 Å². The predicted octanol–water partition coefficient (Wildman–Crippen LogP) is 6.90. The first-order chi connectivity index (χ1) is 30.0. The molecule has 16 heteroatoms. The molecule has 324 valence electrons. The van der Waals surface area contributed by atoms with Crippen LogP contribution in [0.2, 0.25) is 0 Å². The highest BCUT2D eigenvalue weighted by atomic mass is 32.2. The molecule has 0 spiro atoms. The van der Waals surface area contributed by atoms with E-state index in [0.29, 0.717) is 52.6 Å². The monoisotopic (exact) mass is 879 g/mol. The average molecular weight is 880 g/mol. The molecule has 7 N–H and O–H groups in total. The molecule has 0 bridgehead atoms. The molecule has 62 heavy (non-hydrogen) atoms. The van der Waals surface area contributed by atoms with Gasteiger partial charge in [0.05, 0.1) is 17.6 Å². The Bertz CT molecular complexity index is 2460. The lowest BCUT2D eigenvalue weighted by Crippen LogP contribution is -2.36. The molecule has 3 heterocycles. The van der Waals surface area contributed by atoms with Gasteiger partial charge >= 0.3 is 12.0 Å². The third-order valence-corrected chi connectivity index (χ3v) is 13.8. The van der Waals surface area contributed by atoms with E-state index < -0.39 is 11.2 Å². The molecule has 4 aliphatic rings. The minimum atomic E-state index is -1.24. The van der Waals surface area contributed by atoms with E-state index >= 15 is 0 Å². The van der Waals surface area contributed by atoms with E-state index in [0.717, 1.165) is 49.8 Å². The van der Waals surface area contributed by atoms with Gasteiger partial charge in [-0.1, -0.05) is 42.8 Å². The summed E-state index contributed by atoms with van der Waals surface area (Å²) in [6, 6.07) is 22.8. The molecule has 2 fully saturated rings. The van der Waals surface area contributed by atoms with Crippen LogP contribution in [0, 0.1) is 0 Å². The second kappa shape index (κ2) is 20.7. The molecule has 5 amide bonds. The number of benzene rings is 4. The lowest BCUT2D eigenvalue weighted by atomic mass is 9.90. The van der Waals surface area contributed by atoms with Crippen molar-refractivity contribution in [3.05, 3.63) is 106 Å². The van der Waals surface area contributed by atoms with Crippen molar-refractivity contribution in [2.24, 2.45) is 0 Å². The van der Waals surface area contributed by atoms with Gasteiger partial charge in [0.2, 0.25) is 17.7 Å². The lowest BCUT2D eigenvalue weighted by Gasteiger charge is -2.19. The number of carbonyl (C=O) groups is 5. The Balaban J connectivity index is 0.865. The van der Waals surface area contributed by atoms with E-state index in [1.54, 1.807) is 24.3 Å². The van der Waals surface area contributed by atoms with E-state index in [1.165, 1.54) is 42.1 Å². The number of urea groups is 1. The number of fused-ring (bicyclic) bond motifs is 3. The highest BCUT2D eigenvalue weighted by Gasteiger charge is 2.42. The van der Waals surface area contributed by atoms with Gasteiger partial charge in [0.1, 0.15) is 22.3 Å². The zero-order valence-electron chi connectivity index (χ0n) is 33.9. The Hall–Kier alpha value is -6.00. The van der Waals surface area contributed by atoms with Gasteiger partial charge in [-0.15, -0.1) is 11.8 Å². The predicted molar refractivity (Wildman–Crippen MR) is 242 cm³/mol. The molecule has 4 atom stereocenters. The molecule has 0 radical (unpaired) electrons. The number of anilines is 1. The van der Waals surface area contributed by atoms with Gasteiger partial charge in [0, 0.05) is 77.0 Å². The maximum Gasteiger partial charge on any atom is 0.336 e. The fraction of sp³-hybridized carbons (Fsp3) is 0.348. The van der Waals surface area contributed by atoms with E-state index in [9.17, 15) is 39.0 Å². The number of carbonyl (C=O) groups excluding carboxylic acids is 4. The van der Waals surface area contributed by atoms with Gasteiger partial charge < -0.3 is 41.2 Å². The van der Waals surface area contributed by atoms with Gasteiger partial charge in [-0.25, -0.2) is 9.59 Å². The molecule has 0 aromatic heterocycles. The standard InChI is InChI=1S/C46H49N5O9S2/c52-29-14-17-32-36(24-29)60-37-25-30(53)15-18-33(37)41(32)31-16-13-28(23-34(31)45(57)58)49-44(56)43(27-9-3-1-4-10-27)61-22-19-40(55)48-21-8-2-7-20-47-39(54)12-6-5-11-38-42-35(26-62-38)50-46(59)51-42/h1,3-4,9-10,13-18,23-25,35,38,42-43,52H,2,5-8,11-12,19-22,26H2,(H,47,54)(H,48,55)(H,49,56)(H,57,58)(H2,50,51,59)/t35-,38?,42-,43?/m0/s1. The Morgan fingerprint density at radius 2 is 1.58 bits per heavy atom. The summed E-state index contributed by atoms with van der Waals surface area (Å²) in [7, 11) is 0. The third-order valence-electron chi connectivity index (χ3n) is 11.0. The summed E-state index contributed by atoms with van der Waals surface area (Å²) in [5.74, 6) is -0.253. The molecule has 2 unspecified atom stereocenters. The minimum absolute atomic E-state index is 0.0428. The number of nitrogens with one attached hydrogen (secondary N) is 5. The quantitative estimate of drug-likeness (QED) is 0.0243. The number of carboxylic acids is 1. The number of hydrogen-bond donors (Lipinski definition) is 7. The number of amides is 5. The molecular weight excluding hydrogens is 831 g/mol. The largest absolute Gasteiger partial charge is 0.508 e. The van der Waals surface area contributed by atoms with Gasteiger partial charge in [-0.05, 0) is 79.6 Å². The zero-order valence-corrected chi connectivity index (χ0v) is 35.6. The van der Waals surface area contributed by atoms with Crippen molar-refractivity contribution in [3.8, 4) is 28.2 Å². The van der Waals surface area contributed by atoms with Crippen LogP contribution in [0.25, 0.3) is 33.4 Å². The highest BCUT2D eigenvalue weighted by molar-refractivity contribution is 8.00. The van der Waals surface area contributed by atoms with Crippen LogP contribution in [-0.2, 0) is 14.4 Å². The molecular formula is C46H49N5O9S2. The van der Waals surface area contributed by atoms with Crippen molar-refractivity contribution in [2.45, 2.75) is 74.0 Å². The Morgan fingerprint density at radius 3 is 2.35 bits per heavy atom. The number of carboxylic acid groups (broad SMARTS) is 1. The number of phenolic OH excluding ortho intramolecular Hbond substituents is 1. The Morgan fingerprint density at radius 1 is 0.823 bits per heavy atom. The second-order valence-electron chi connectivity index (χ2n) is 15.4. The molecule has 3 aromatic carbocycles. The van der Waals surface area contributed by atoms with E-state index in [2.05, 4.69) is 26.6 Å². The van der Waals surface area contributed by atoms with Crippen LogP contribution in [0.3, 0.4) is 0 Å². The van der Waals surface area contributed by atoms with E-state index in [1.807, 2.05) is 42.1 Å². The maximum atomic E-state index is 13.8. The molecule has 3 aliphatic heterocycles. The summed E-state index contributed by atoms with van der Waals surface area (Å²) >= 11 is 3.19. The molecule has 7 rings (SSSR count). The zero-order chi connectivity index (χ0) is 43.6. The van der Waals surface area contributed by atoms with Crippen LogP contribution in [0.5, 0.6) is 5.75 Å². The second-order valence-corrected chi connectivity index (χ2v) is 17.9. The number of hydrogen-bond acceptors (Lipinski definition) is 10. The summed E-state index contributed by atoms with van der Waals surface area (Å²) in [5.41, 5.74) is 2.18.